The van der Waals surface area contributed by atoms with E-state index >= 15 is 0 Å². The molecule has 5 aromatic rings. The Morgan fingerprint density at radius 1 is 1.13 bits per heavy atom. The molecule has 0 spiro atoms. The maximum absolute atomic E-state index is 12.9. The largest absolute Gasteiger partial charge is 0.309 e. The first-order valence-corrected chi connectivity index (χ1v) is 11.4. The van der Waals surface area contributed by atoms with E-state index in [0.29, 0.717) is 16.4 Å². The molecule has 1 unspecified atom stereocenters. The third-order valence-electron chi connectivity index (χ3n) is 4.90. The maximum Gasteiger partial charge on any atom is 0.260 e. The second kappa shape index (κ2) is 8.09. The standard InChI is InChI=1S/C22H18N6OS2/c1-13-7-6-10-16(11-13)28-22(25-26-27-28)31-14(2)19-23-20(29)18-17(12-30-21(18)24-19)15-8-4-3-5-9-15/h3-12,14H,1-2H3,(H,23,24,29). The highest BCUT2D eigenvalue weighted by Crippen LogP contribution is 2.35. The van der Waals surface area contributed by atoms with Crippen LogP contribution in [0.15, 0.2) is 69.9 Å². The number of H-pyrrole nitrogens is 1. The van der Waals surface area contributed by atoms with E-state index < -0.39 is 0 Å². The molecule has 1 atom stereocenters. The molecule has 0 aliphatic carbocycles. The van der Waals surface area contributed by atoms with Crippen LogP contribution in [-0.4, -0.2) is 30.2 Å². The van der Waals surface area contributed by atoms with Gasteiger partial charge in [0.25, 0.3) is 5.56 Å². The zero-order valence-corrected chi connectivity index (χ0v) is 18.4. The van der Waals surface area contributed by atoms with Crippen LogP contribution in [0, 0.1) is 6.92 Å². The maximum atomic E-state index is 12.9. The minimum absolute atomic E-state index is 0.133. The van der Waals surface area contributed by atoms with Gasteiger partial charge in [0, 0.05) is 10.9 Å². The number of rotatable bonds is 5. The minimum atomic E-state index is -0.145. The van der Waals surface area contributed by atoms with Crippen LogP contribution < -0.4 is 5.56 Å². The fourth-order valence-corrected chi connectivity index (χ4v) is 5.20. The SMILES string of the molecule is Cc1cccc(-n2nnnc2SC(C)c2nc3scc(-c4ccccc4)c3c(=O)[nH]2)c1. The van der Waals surface area contributed by atoms with Gasteiger partial charge in [-0.05, 0) is 47.5 Å². The van der Waals surface area contributed by atoms with E-state index in [-0.39, 0.29) is 10.8 Å². The van der Waals surface area contributed by atoms with Crippen LogP contribution in [-0.2, 0) is 0 Å². The number of aryl methyl sites for hydroxylation is 1. The molecule has 0 radical (unpaired) electrons. The third-order valence-corrected chi connectivity index (χ3v) is 6.82. The molecule has 0 fully saturated rings. The van der Waals surface area contributed by atoms with Crippen LogP contribution in [0.2, 0.25) is 0 Å². The van der Waals surface area contributed by atoms with Crippen LogP contribution in [0.1, 0.15) is 23.6 Å². The number of aromatic amines is 1. The fraction of sp³-hybridized carbons (Fsp3) is 0.136. The van der Waals surface area contributed by atoms with Crippen molar-refractivity contribution in [3.63, 3.8) is 0 Å². The summed E-state index contributed by atoms with van der Waals surface area (Å²) in [4.78, 5) is 21.4. The number of tetrazole rings is 1. The van der Waals surface area contributed by atoms with Gasteiger partial charge in [-0.3, -0.25) is 4.79 Å². The topological polar surface area (TPSA) is 89.3 Å². The van der Waals surface area contributed by atoms with Gasteiger partial charge in [0.05, 0.1) is 16.3 Å². The van der Waals surface area contributed by atoms with Crippen molar-refractivity contribution < 1.29 is 0 Å². The molecule has 3 heterocycles. The first kappa shape index (κ1) is 19.7. The predicted molar refractivity (Wildman–Crippen MR) is 124 cm³/mol. The van der Waals surface area contributed by atoms with Gasteiger partial charge in [0.15, 0.2) is 0 Å². The molecule has 0 aliphatic heterocycles. The molecule has 2 aromatic carbocycles. The molecule has 0 aliphatic rings. The second-order valence-electron chi connectivity index (χ2n) is 7.12. The lowest BCUT2D eigenvalue weighted by molar-refractivity contribution is 0.753. The molecule has 9 heteroatoms. The summed E-state index contributed by atoms with van der Waals surface area (Å²) in [6.07, 6.45) is 0. The molecule has 0 saturated carbocycles. The highest BCUT2D eigenvalue weighted by atomic mass is 32.2. The van der Waals surface area contributed by atoms with Gasteiger partial charge in [-0.15, -0.1) is 16.4 Å². The number of aromatic nitrogens is 6. The molecule has 0 saturated heterocycles. The smallest absolute Gasteiger partial charge is 0.260 e. The van der Waals surface area contributed by atoms with Gasteiger partial charge in [-0.2, -0.15) is 4.68 Å². The van der Waals surface area contributed by atoms with Crippen molar-refractivity contribution in [2.45, 2.75) is 24.3 Å². The first-order chi connectivity index (χ1) is 15.1. The van der Waals surface area contributed by atoms with Crippen molar-refractivity contribution in [3.8, 4) is 16.8 Å². The van der Waals surface area contributed by atoms with E-state index in [1.54, 1.807) is 4.68 Å². The van der Waals surface area contributed by atoms with Crippen LogP contribution in [0.5, 0.6) is 0 Å². The highest BCUT2D eigenvalue weighted by molar-refractivity contribution is 7.99. The zero-order chi connectivity index (χ0) is 21.4. The summed E-state index contributed by atoms with van der Waals surface area (Å²) in [5.74, 6) is 0.600. The Balaban J connectivity index is 1.47. The van der Waals surface area contributed by atoms with Crippen molar-refractivity contribution in [1.82, 2.24) is 30.2 Å². The van der Waals surface area contributed by atoms with Gasteiger partial charge in [0.2, 0.25) is 5.16 Å². The number of nitrogens with one attached hydrogen (secondary N) is 1. The molecule has 1 N–H and O–H groups in total. The number of nitrogens with zero attached hydrogens (tertiary/aromatic N) is 5. The van der Waals surface area contributed by atoms with Gasteiger partial charge in [-0.25, -0.2) is 4.98 Å². The number of thiophene rings is 1. The molecule has 5 rings (SSSR count). The lowest BCUT2D eigenvalue weighted by Gasteiger charge is -2.11. The molecule has 154 valence electrons. The molecule has 31 heavy (non-hydrogen) atoms. The quantitative estimate of drug-likeness (QED) is 0.391. The first-order valence-electron chi connectivity index (χ1n) is 9.69. The Labute approximate surface area is 186 Å². The molecule has 0 amide bonds. The lowest BCUT2D eigenvalue weighted by Crippen LogP contribution is -2.12. The Bertz CT molecular complexity index is 1420. The van der Waals surface area contributed by atoms with Crippen LogP contribution in [0.25, 0.3) is 27.0 Å². The van der Waals surface area contributed by atoms with Crippen molar-refractivity contribution in [1.29, 1.82) is 0 Å². The summed E-state index contributed by atoms with van der Waals surface area (Å²) in [5.41, 5.74) is 3.80. The summed E-state index contributed by atoms with van der Waals surface area (Å²) >= 11 is 2.93. The zero-order valence-electron chi connectivity index (χ0n) is 16.8. The van der Waals surface area contributed by atoms with E-state index in [2.05, 4.69) is 20.5 Å². The normalized spacial score (nSPS) is 12.3. The van der Waals surface area contributed by atoms with Crippen molar-refractivity contribution in [3.05, 3.63) is 81.7 Å². The van der Waals surface area contributed by atoms with Crippen LogP contribution in [0.3, 0.4) is 0 Å². The molecule has 3 aromatic heterocycles. The molecular formula is C22H18N6OS2. The minimum Gasteiger partial charge on any atom is -0.309 e. The molecular weight excluding hydrogens is 428 g/mol. The number of hydrogen-bond acceptors (Lipinski definition) is 7. The van der Waals surface area contributed by atoms with E-state index in [1.807, 2.05) is 73.8 Å². The van der Waals surface area contributed by atoms with Gasteiger partial charge >= 0.3 is 0 Å². The Morgan fingerprint density at radius 2 is 1.97 bits per heavy atom. The van der Waals surface area contributed by atoms with Crippen molar-refractivity contribution in [2.24, 2.45) is 0 Å². The number of hydrogen-bond donors (Lipinski definition) is 1. The van der Waals surface area contributed by atoms with E-state index in [0.717, 1.165) is 27.2 Å². The Morgan fingerprint density at radius 3 is 2.77 bits per heavy atom. The summed E-state index contributed by atoms with van der Waals surface area (Å²) in [6, 6.07) is 17.9. The second-order valence-corrected chi connectivity index (χ2v) is 9.29. The lowest BCUT2D eigenvalue weighted by atomic mass is 10.1. The summed E-state index contributed by atoms with van der Waals surface area (Å²) in [7, 11) is 0. The number of fused-ring (bicyclic) bond motifs is 1. The summed E-state index contributed by atoms with van der Waals surface area (Å²) < 4.78 is 1.70. The number of thioether (sulfide) groups is 1. The fourth-order valence-electron chi connectivity index (χ4n) is 3.38. The van der Waals surface area contributed by atoms with Gasteiger partial charge < -0.3 is 4.98 Å². The van der Waals surface area contributed by atoms with E-state index in [9.17, 15) is 4.79 Å². The average molecular weight is 447 g/mol. The predicted octanol–water partition coefficient (Wildman–Crippen LogP) is 4.79. The average Bonchev–Trinajstić information content (AvgIpc) is 3.41. The van der Waals surface area contributed by atoms with E-state index in [1.165, 1.54) is 23.1 Å². The van der Waals surface area contributed by atoms with E-state index in [4.69, 9.17) is 4.98 Å². The highest BCUT2D eigenvalue weighted by Gasteiger charge is 2.19. The monoisotopic (exact) mass is 446 g/mol. The summed E-state index contributed by atoms with van der Waals surface area (Å²) in [6.45, 7) is 4.01. The summed E-state index contributed by atoms with van der Waals surface area (Å²) in [5, 5.41) is 15.2. The Kier molecular flexibility index (Phi) is 5.13. The number of benzene rings is 2. The third kappa shape index (κ3) is 3.77. The van der Waals surface area contributed by atoms with Crippen LogP contribution >= 0.6 is 23.1 Å². The van der Waals surface area contributed by atoms with Crippen molar-refractivity contribution >= 4 is 33.3 Å². The Hall–Kier alpha value is -3.30. The molecule has 0 bridgehead atoms. The van der Waals surface area contributed by atoms with Gasteiger partial charge in [-0.1, -0.05) is 54.2 Å². The van der Waals surface area contributed by atoms with Crippen molar-refractivity contribution in [2.75, 3.05) is 0 Å². The molecule has 7 nitrogen and oxygen atoms in total. The van der Waals surface area contributed by atoms with Crippen LogP contribution in [0.4, 0.5) is 0 Å². The van der Waals surface area contributed by atoms with Gasteiger partial charge in [0.1, 0.15) is 10.7 Å².